The highest BCUT2D eigenvalue weighted by Crippen LogP contribution is 2.38. The Morgan fingerprint density at radius 1 is 0.816 bits per heavy atom. The Bertz CT molecular complexity index is 2160. The summed E-state index contributed by atoms with van der Waals surface area (Å²) in [6, 6.07) is 8.21. The van der Waals surface area contributed by atoms with Crippen molar-refractivity contribution in [1.82, 2.24) is 4.90 Å². The quantitative estimate of drug-likeness (QED) is 0.0749. The van der Waals surface area contributed by atoms with E-state index in [9.17, 15) is 39.3 Å². The predicted molar refractivity (Wildman–Crippen MR) is 287 cm³/mol. The number of piperidine rings is 1. The van der Waals surface area contributed by atoms with Crippen LogP contribution in [0.3, 0.4) is 0 Å². The number of carbonyl (C=O) groups is 5. The number of esters is 1. The van der Waals surface area contributed by atoms with Crippen molar-refractivity contribution < 1.29 is 72.5 Å². The molecule has 15 atom stereocenters. The molecule has 424 valence electrons. The number of aliphatic hydroxyl groups excluding tert-OH is 2. The van der Waals surface area contributed by atoms with E-state index >= 15 is 0 Å². The largest absolute Gasteiger partial charge is 0.491 e. The number of hydrogen-bond donors (Lipinski definition) is 3. The summed E-state index contributed by atoms with van der Waals surface area (Å²) < 4.78 is 42.3. The van der Waals surface area contributed by atoms with Crippen molar-refractivity contribution in [2.24, 2.45) is 35.5 Å². The van der Waals surface area contributed by atoms with Crippen molar-refractivity contribution in [3.63, 3.8) is 0 Å². The molecule has 2 saturated heterocycles. The van der Waals surface area contributed by atoms with Crippen molar-refractivity contribution in [3.05, 3.63) is 77.9 Å². The normalized spacial score (nSPS) is 36.2. The van der Waals surface area contributed by atoms with Gasteiger partial charge in [-0.3, -0.25) is 19.2 Å². The molecule has 4 aliphatic rings. The topological polar surface area (TPSA) is 214 Å². The summed E-state index contributed by atoms with van der Waals surface area (Å²) in [4.78, 5) is 73.0. The van der Waals surface area contributed by atoms with Crippen LogP contribution in [0, 0.1) is 35.5 Å². The third-order valence-corrected chi connectivity index (χ3v) is 16.0. The number of allylic oxidation sites excluding steroid dienone is 6. The van der Waals surface area contributed by atoms with Crippen LogP contribution in [0.5, 0.6) is 5.75 Å². The van der Waals surface area contributed by atoms with E-state index in [4.69, 9.17) is 33.2 Å². The van der Waals surface area contributed by atoms with Crippen LogP contribution in [0.4, 0.5) is 0 Å². The van der Waals surface area contributed by atoms with Crippen LogP contribution in [-0.4, -0.2) is 151 Å². The van der Waals surface area contributed by atoms with Crippen molar-refractivity contribution in [2.75, 3.05) is 47.2 Å². The van der Waals surface area contributed by atoms with Gasteiger partial charge < -0.3 is 53.4 Å². The number of carbonyl (C=O) groups excluding carboxylic acids is 5. The smallest absolute Gasteiger partial charge is 0.329 e. The fraction of sp³-hybridized carbons (Fsp3) is 0.683. The lowest BCUT2D eigenvalue weighted by Gasteiger charge is -2.43. The summed E-state index contributed by atoms with van der Waals surface area (Å²) in [7, 11) is 3.01. The first-order valence-electron chi connectivity index (χ1n) is 27.8. The summed E-state index contributed by atoms with van der Waals surface area (Å²) in [5.74, 6) is -7.51. The maximum absolute atomic E-state index is 14.6. The molecule has 0 radical (unpaired) electrons. The summed E-state index contributed by atoms with van der Waals surface area (Å²) in [6.45, 7) is 13.3. The van der Waals surface area contributed by atoms with Crippen LogP contribution < -0.4 is 4.74 Å². The van der Waals surface area contributed by atoms with Gasteiger partial charge in [-0.15, -0.1) is 0 Å². The van der Waals surface area contributed by atoms with Crippen molar-refractivity contribution in [3.8, 4) is 5.75 Å². The summed E-state index contributed by atoms with van der Waals surface area (Å²) in [5.41, 5.74) is 1.22. The molecular weight excluding hydrogens is 975 g/mol. The van der Waals surface area contributed by atoms with Gasteiger partial charge in [-0.05, 0) is 119 Å². The number of benzene rings is 1. The Morgan fingerprint density at radius 2 is 1.57 bits per heavy atom. The second-order valence-corrected chi connectivity index (χ2v) is 22.0. The van der Waals surface area contributed by atoms with Gasteiger partial charge in [0.25, 0.3) is 11.7 Å². The zero-order valence-electron chi connectivity index (χ0n) is 46.6. The molecule has 3 N–H and O–H groups in total. The fourth-order valence-corrected chi connectivity index (χ4v) is 11.3. The molecule has 2 bridgehead atoms. The molecule has 0 aromatic heterocycles. The Kier molecular flexibility index (Phi) is 25.2. The number of ether oxygens (including phenoxy) is 7. The second kappa shape index (κ2) is 30.7. The first-order chi connectivity index (χ1) is 36.3. The molecular formula is C60H89NO15. The number of hydrogen-bond acceptors (Lipinski definition) is 15. The monoisotopic (exact) mass is 1060 g/mol. The molecule has 1 aromatic carbocycles. The van der Waals surface area contributed by atoms with Gasteiger partial charge in [0, 0.05) is 51.4 Å². The van der Waals surface area contributed by atoms with E-state index in [1.807, 2.05) is 88.4 Å². The van der Waals surface area contributed by atoms with Gasteiger partial charge in [0.1, 0.15) is 42.5 Å². The SMILES string of the molecule is CO[C@@H]1C[C@H](C[C@@H](C)[C@@H]2CC(=O)[C@H](C)/C=C(\C)[C@@H](O)[C@@H](OC)C(=O)[C@H](C)C[C@H](C)/C=C/C=C/C=C(\C)[C@@H](OCCOc3ccccc3)C[C@@H]3CC[C@@H](C)[C@@](O)(O3)C(=O)C(=O)N3CCCC[C@H]3C(=O)O2)CC[C@H]1OCCO. The number of cyclic esters (lactones) is 1. The molecule has 5 rings (SSSR count). The number of aliphatic hydroxyl groups is 3. The number of fused-ring (bicyclic) bond motifs is 3. The minimum absolute atomic E-state index is 0.0129. The molecule has 1 aromatic rings. The summed E-state index contributed by atoms with van der Waals surface area (Å²) >= 11 is 0. The average molecular weight is 1060 g/mol. The number of rotatable bonds is 13. The Morgan fingerprint density at radius 3 is 2.28 bits per heavy atom. The van der Waals surface area contributed by atoms with Crippen LogP contribution >= 0.6 is 0 Å². The fourth-order valence-electron chi connectivity index (χ4n) is 11.3. The maximum atomic E-state index is 14.6. The highest BCUT2D eigenvalue weighted by molar-refractivity contribution is 6.39. The van der Waals surface area contributed by atoms with E-state index in [1.54, 1.807) is 34.0 Å². The lowest BCUT2D eigenvalue weighted by molar-refractivity contribution is -0.266. The molecule has 16 heteroatoms. The van der Waals surface area contributed by atoms with Gasteiger partial charge in [-0.25, -0.2) is 4.79 Å². The highest BCUT2D eigenvalue weighted by Gasteiger charge is 2.53. The first-order valence-corrected chi connectivity index (χ1v) is 27.8. The predicted octanol–water partition coefficient (Wildman–Crippen LogP) is 7.65. The van der Waals surface area contributed by atoms with Gasteiger partial charge in [0.05, 0.1) is 44.2 Å². The molecule has 76 heavy (non-hydrogen) atoms. The van der Waals surface area contributed by atoms with E-state index in [2.05, 4.69) is 0 Å². The minimum atomic E-state index is -2.49. The van der Waals surface area contributed by atoms with E-state index in [-0.39, 0.29) is 93.8 Å². The summed E-state index contributed by atoms with van der Waals surface area (Å²) in [5, 5.41) is 33.2. The van der Waals surface area contributed by atoms with Crippen LogP contribution in [0.15, 0.2) is 77.9 Å². The third-order valence-electron chi connectivity index (χ3n) is 16.0. The molecule has 0 unspecified atom stereocenters. The van der Waals surface area contributed by atoms with Crippen molar-refractivity contribution in [2.45, 2.75) is 180 Å². The average Bonchev–Trinajstić information content (AvgIpc) is 3.41. The molecule has 3 heterocycles. The van der Waals surface area contributed by atoms with E-state index in [0.29, 0.717) is 62.7 Å². The molecule has 0 spiro atoms. The van der Waals surface area contributed by atoms with E-state index < -0.39 is 77.8 Å². The number of amides is 1. The van der Waals surface area contributed by atoms with Crippen LogP contribution in [-0.2, 0) is 52.4 Å². The number of ketones is 3. The van der Waals surface area contributed by atoms with Gasteiger partial charge in [0.2, 0.25) is 5.79 Å². The zero-order valence-corrected chi connectivity index (χ0v) is 46.6. The lowest BCUT2D eigenvalue weighted by atomic mass is 9.78. The molecule has 3 fully saturated rings. The van der Waals surface area contributed by atoms with Gasteiger partial charge >= 0.3 is 5.97 Å². The number of para-hydroxylation sites is 1. The maximum Gasteiger partial charge on any atom is 0.329 e. The standard InChI is InChI=1S/C60H89NO15/c1-38-18-12-10-13-19-39(2)51(74-31-30-72-46-20-14-11-15-21-46)36-47-25-23-44(7)60(69,76-47)57(66)58(67)61-27-17-16-22-48(61)59(68)75-52(41(4)34-45-24-26-50(73-29-28-62)53(35-45)70-8)37-49(63)40(3)33-43(6)55(65)56(71-9)54(64)42(5)32-38/h10-15,18-21,33,38,40-42,44-45,47-48,50-53,55-56,62,65,69H,16-17,22-32,34-37H2,1-9H3/b13-10+,18-12+,39-19+,43-33+/t38-,40-,41-,42-,44-,45+,47+,48+,50-,51+,52+,53-,55-,56+,60-/m1/s1. The molecule has 3 aliphatic heterocycles. The molecule has 1 amide bonds. The van der Waals surface area contributed by atoms with Gasteiger partial charge in [0.15, 0.2) is 5.78 Å². The second-order valence-electron chi connectivity index (χ2n) is 22.0. The first kappa shape index (κ1) is 62.5. The van der Waals surface area contributed by atoms with E-state index in [0.717, 1.165) is 12.0 Å². The van der Waals surface area contributed by atoms with Gasteiger partial charge in [-0.1, -0.05) is 89.3 Å². The van der Waals surface area contributed by atoms with Crippen molar-refractivity contribution >= 4 is 29.2 Å². The minimum Gasteiger partial charge on any atom is -0.491 e. The number of methoxy groups -OCH3 is 2. The lowest BCUT2D eigenvalue weighted by Crippen LogP contribution is -2.61. The Balaban J connectivity index is 1.46. The highest BCUT2D eigenvalue weighted by atomic mass is 16.6. The molecule has 1 aliphatic carbocycles. The van der Waals surface area contributed by atoms with Crippen LogP contribution in [0.2, 0.25) is 0 Å². The third kappa shape index (κ3) is 17.6. The van der Waals surface area contributed by atoms with Crippen LogP contribution in [0.1, 0.15) is 126 Å². The Hall–Kier alpha value is -4.39. The van der Waals surface area contributed by atoms with E-state index in [1.165, 1.54) is 12.0 Å². The van der Waals surface area contributed by atoms with Crippen molar-refractivity contribution in [1.29, 1.82) is 0 Å². The Labute approximate surface area is 451 Å². The number of nitrogens with zero attached hydrogens (tertiary/aromatic N) is 1. The zero-order chi connectivity index (χ0) is 55.5. The number of Topliss-reactive ketones (excluding diaryl/α,β-unsaturated/α-hetero) is 3. The molecule has 16 nitrogen and oxygen atoms in total. The van der Waals surface area contributed by atoms with Gasteiger partial charge in [-0.2, -0.15) is 0 Å². The summed E-state index contributed by atoms with van der Waals surface area (Å²) in [6.07, 6.45) is 11.5. The van der Waals surface area contributed by atoms with Crippen LogP contribution in [0.25, 0.3) is 0 Å². The molecule has 1 saturated carbocycles.